The second-order valence-corrected chi connectivity index (χ2v) is 8.03. The fraction of sp³-hybridized carbons (Fsp3) is 0.389. The quantitative estimate of drug-likeness (QED) is 0.502. The molecule has 1 aromatic carbocycles. The average molecular weight is 483 g/mol. The van der Waals surface area contributed by atoms with Crippen LogP contribution in [0.25, 0.3) is 0 Å². The topological polar surface area (TPSA) is 103 Å². The molecule has 1 aromatic heterocycles. The van der Waals surface area contributed by atoms with Crippen molar-refractivity contribution in [3.8, 4) is 0 Å². The minimum atomic E-state index is -0.802. The second kappa shape index (κ2) is 6.97. The van der Waals surface area contributed by atoms with Gasteiger partial charge in [-0.1, -0.05) is 40.8 Å². The third-order valence-corrected chi connectivity index (χ3v) is 6.74. The van der Waals surface area contributed by atoms with Crippen molar-refractivity contribution >= 4 is 34.3 Å². The first kappa shape index (κ1) is 18.5. The zero-order valence-electron chi connectivity index (χ0n) is 14.5. The molecule has 2 aliphatic heterocycles. The van der Waals surface area contributed by atoms with E-state index in [1.54, 1.807) is 37.4 Å². The molecule has 0 saturated carbocycles. The first-order valence-electron chi connectivity index (χ1n) is 8.46. The lowest BCUT2D eigenvalue weighted by Gasteiger charge is -2.30. The van der Waals surface area contributed by atoms with Gasteiger partial charge in [-0.3, -0.25) is 9.36 Å². The van der Waals surface area contributed by atoms with Gasteiger partial charge in [0.25, 0.3) is 5.91 Å². The number of aryl methyl sites for hydroxylation is 1. The first-order valence-corrected chi connectivity index (χ1v) is 9.70. The molecule has 2 fully saturated rings. The highest BCUT2D eigenvalue weighted by atomic mass is 127. The summed E-state index contributed by atoms with van der Waals surface area (Å²) in [4.78, 5) is 28.9. The zero-order valence-corrected chi connectivity index (χ0v) is 16.6. The van der Waals surface area contributed by atoms with Gasteiger partial charge in [0.05, 0.1) is 17.1 Å². The number of halogens is 1. The summed E-state index contributed by atoms with van der Waals surface area (Å²) in [7, 11) is 0. The molecular weight excluding hydrogens is 465 g/mol. The number of carbonyl (C=O) groups excluding carboxylic acids is 1. The molecule has 4 rings (SSSR count). The molecule has 1 amide bonds. The maximum absolute atomic E-state index is 12.6. The summed E-state index contributed by atoms with van der Waals surface area (Å²) in [6.07, 6.45) is 0.589. The monoisotopic (exact) mass is 483 g/mol. The summed E-state index contributed by atoms with van der Waals surface area (Å²) in [5.41, 5.74) is -0.260. The maximum atomic E-state index is 12.6. The van der Waals surface area contributed by atoms with E-state index in [-0.39, 0.29) is 28.4 Å². The smallest absolute Gasteiger partial charge is 0.351 e. The average Bonchev–Trinajstić information content (AvgIpc) is 3.15. The van der Waals surface area contributed by atoms with Crippen LogP contribution >= 0.6 is 22.6 Å². The van der Waals surface area contributed by atoms with Crippen molar-refractivity contribution in [3.05, 3.63) is 58.1 Å². The molecule has 9 heteroatoms. The van der Waals surface area contributed by atoms with Crippen LogP contribution in [0.5, 0.6) is 0 Å². The third kappa shape index (κ3) is 3.08. The number of nitrogens with one attached hydrogen (secondary N) is 1. The number of aliphatic hydroxyl groups excluding tert-OH is 1. The number of amides is 1. The standard InChI is InChI=1S/C18H18IN3O5/c1-10-7-22(16-12-13(19)18(8-23,27-16)9-26-12)17(25)21-14(10)20-15(24)11-5-3-2-4-6-11/h2-7,12-13,16,23H,8-9H2,1H3,(H,20,21,24,25)/t12-,13?,16+,18-/m0/s1. The van der Waals surface area contributed by atoms with Gasteiger partial charge >= 0.3 is 5.69 Å². The Morgan fingerprint density at radius 1 is 1.44 bits per heavy atom. The number of alkyl halides is 1. The van der Waals surface area contributed by atoms with Gasteiger partial charge in [0.15, 0.2) is 6.23 Å². The largest absolute Gasteiger partial charge is 0.393 e. The Morgan fingerprint density at radius 2 is 2.19 bits per heavy atom. The Bertz CT molecular complexity index is 934. The Labute approximate surface area is 168 Å². The highest BCUT2D eigenvalue weighted by molar-refractivity contribution is 14.1. The van der Waals surface area contributed by atoms with Crippen molar-refractivity contribution < 1.29 is 19.4 Å². The van der Waals surface area contributed by atoms with E-state index in [0.29, 0.717) is 17.7 Å². The molecule has 27 heavy (non-hydrogen) atoms. The molecule has 2 aromatic rings. The van der Waals surface area contributed by atoms with E-state index in [0.717, 1.165) is 0 Å². The number of fused-ring (bicyclic) bond motifs is 2. The van der Waals surface area contributed by atoms with E-state index in [2.05, 4.69) is 32.9 Å². The third-order valence-electron chi connectivity index (χ3n) is 4.89. The fourth-order valence-corrected chi connectivity index (χ4v) is 4.45. The SMILES string of the molecule is Cc1cn([C@@H]2O[C@@]3(CO)CO[C@H]2C3I)c(=O)nc1NC(=O)c1ccccc1. The van der Waals surface area contributed by atoms with E-state index in [1.165, 1.54) is 4.57 Å². The van der Waals surface area contributed by atoms with Gasteiger partial charge in [-0.25, -0.2) is 4.79 Å². The van der Waals surface area contributed by atoms with Crippen LogP contribution in [0.15, 0.2) is 41.3 Å². The summed E-state index contributed by atoms with van der Waals surface area (Å²) in [5.74, 6) is -0.133. The minimum absolute atomic E-state index is 0.0743. The van der Waals surface area contributed by atoms with Gasteiger partial charge in [-0.15, -0.1) is 0 Å². The number of carbonyl (C=O) groups is 1. The molecule has 2 saturated heterocycles. The summed E-state index contributed by atoms with van der Waals surface area (Å²) in [5, 5.41) is 12.4. The van der Waals surface area contributed by atoms with Crippen LogP contribution in [0, 0.1) is 6.92 Å². The first-order chi connectivity index (χ1) is 12.9. The van der Waals surface area contributed by atoms with Crippen LogP contribution in [-0.4, -0.2) is 49.4 Å². The molecule has 2 N–H and O–H groups in total. The van der Waals surface area contributed by atoms with Crippen LogP contribution < -0.4 is 11.0 Å². The molecule has 142 valence electrons. The lowest BCUT2D eigenvalue weighted by molar-refractivity contribution is -0.184. The number of anilines is 1. The van der Waals surface area contributed by atoms with Crippen molar-refractivity contribution in [3.63, 3.8) is 0 Å². The summed E-state index contributed by atoms with van der Waals surface area (Å²) < 4.78 is 13.0. The van der Waals surface area contributed by atoms with Crippen LogP contribution in [0.2, 0.25) is 0 Å². The number of rotatable bonds is 4. The molecule has 2 aliphatic rings. The van der Waals surface area contributed by atoms with Gasteiger partial charge in [-0.2, -0.15) is 4.98 Å². The number of benzene rings is 1. The van der Waals surface area contributed by atoms with Crippen molar-refractivity contribution in [2.24, 2.45) is 0 Å². The van der Waals surface area contributed by atoms with Gasteiger partial charge in [0, 0.05) is 17.3 Å². The fourth-order valence-electron chi connectivity index (χ4n) is 3.36. The Kier molecular flexibility index (Phi) is 4.78. The lowest BCUT2D eigenvalue weighted by Crippen LogP contribution is -2.43. The minimum Gasteiger partial charge on any atom is -0.393 e. The van der Waals surface area contributed by atoms with Crippen molar-refractivity contribution in [1.29, 1.82) is 0 Å². The summed E-state index contributed by atoms with van der Waals surface area (Å²) >= 11 is 2.19. The summed E-state index contributed by atoms with van der Waals surface area (Å²) in [6, 6.07) is 8.70. The van der Waals surface area contributed by atoms with Crippen LogP contribution in [0.3, 0.4) is 0 Å². The van der Waals surface area contributed by atoms with Crippen LogP contribution in [0.1, 0.15) is 22.1 Å². The van der Waals surface area contributed by atoms with Crippen molar-refractivity contribution in [2.45, 2.75) is 28.8 Å². The van der Waals surface area contributed by atoms with Gasteiger partial charge < -0.3 is 19.9 Å². The molecule has 2 bridgehead atoms. The van der Waals surface area contributed by atoms with E-state index in [4.69, 9.17) is 9.47 Å². The second-order valence-electron chi connectivity index (χ2n) is 6.69. The van der Waals surface area contributed by atoms with Crippen LogP contribution in [0.4, 0.5) is 5.82 Å². The van der Waals surface area contributed by atoms with Crippen molar-refractivity contribution in [2.75, 3.05) is 18.5 Å². The Balaban J connectivity index is 1.60. The molecule has 0 aliphatic carbocycles. The van der Waals surface area contributed by atoms with E-state index in [9.17, 15) is 14.7 Å². The molecule has 4 atom stereocenters. The van der Waals surface area contributed by atoms with E-state index in [1.807, 2.05) is 6.07 Å². The molecule has 3 heterocycles. The highest BCUT2D eigenvalue weighted by Gasteiger charge is 2.61. The number of hydrogen-bond donors (Lipinski definition) is 2. The van der Waals surface area contributed by atoms with Gasteiger partial charge in [0.2, 0.25) is 0 Å². The molecular formula is C18H18IN3O5. The molecule has 1 unspecified atom stereocenters. The number of ether oxygens (including phenoxy) is 2. The number of aliphatic hydroxyl groups is 1. The van der Waals surface area contributed by atoms with Crippen molar-refractivity contribution in [1.82, 2.24) is 9.55 Å². The normalized spacial score (nSPS) is 29.1. The van der Waals surface area contributed by atoms with Gasteiger partial charge in [-0.05, 0) is 19.1 Å². The Morgan fingerprint density at radius 3 is 2.85 bits per heavy atom. The number of hydrogen-bond acceptors (Lipinski definition) is 6. The lowest BCUT2D eigenvalue weighted by atomic mass is 10.0. The number of aromatic nitrogens is 2. The summed E-state index contributed by atoms with van der Waals surface area (Å²) in [6.45, 7) is 1.87. The molecule has 0 spiro atoms. The Hall–Kier alpha value is -1.82. The molecule has 8 nitrogen and oxygen atoms in total. The van der Waals surface area contributed by atoms with E-state index >= 15 is 0 Å². The van der Waals surface area contributed by atoms with Gasteiger partial charge in [0.1, 0.15) is 17.5 Å². The zero-order chi connectivity index (χ0) is 19.2. The molecule has 0 radical (unpaired) electrons. The predicted octanol–water partition coefficient (Wildman–Crippen LogP) is 1.27. The highest BCUT2D eigenvalue weighted by Crippen LogP contribution is 2.48. The predicted molar refractivity (Wildman–Crippen MR) is 105 cm³/mol. The maximum Gasteiger partial charge on any atom is 0.351 e. The van der Waals surface area contributed by atoms with Crippen LogP contribution in [-0.2, 0) is 9.47 Å². The number of nitrogens with zero attached hydrogens (tertiary/aromatic N) is 2. The van der Waals surface area contributed by atoms with E-state index < -0.39 is 17.5 Å².